The van der Waals surface area contributed by atoms with Gasteiger partial charge in [0, 0.05) is 12.0 Å². The van der Waals surface area contributed by atoms with Gasteiger partial charge in [-0.15, -0.1) is 0 Å². The van der Waals surface area contributed by atoms with E-state index in [1.54, 1.807) is 0 Å². The van der Waals surface area contributed by atoms with Gasteiger partial charge in [-0.2, -0.15) is 0 Å². The van der Waals surface area contributed by atoms with Crippen LogP contribution in [0.5, 0.6) is 5.75 Å². The molecule has 1 spiro atoms. The number of fused-ring (bicyclic) bond motifs is 3. The van der Waals surface area contributed by atoms with Crippen LogP contribution in [0, 0.1) is 0 Å². The zero-order valence-corrected chi connectivity index (χ0v) is 15.9. The van der Waals surface area contributed by atoms with E-state index in [0.717, 1.165) is 12.2 Å². The molecule has 0 amide bonds. The Balaban J connectivity index is 1.51. The number of unbranched alkanes of at least 4 members (excludes halogenated alkanes) is 5. The largest absolute Gasteiger partial charge is 0.458 e. The number of para-hydroxylation sites is 1. The highest BCUT2D eigenvalue weighted by Gasteiger charge is 2.47. The van der Waals surface area contributed by atoms with Gasteiger partial charge in [-0.3, -0.25) is 0 Å². The lowest BCUT2D eigenvalue weighted by atomic mass is 9.82. The first-order valence-electron chi connectivity index (χ1n) is 10.3. The van der Waals surface area contributed by atoms with E-state index in [9.17, 15) is 0 Å². The average Bonchev–Trinajstić information content (AvgIpc) is 3.02. The summed E-state index contributed by atoms with van der Waals surface area (Å²) in [6, 6.07) is 17.1. The highest BCUT2D eigenvalue weighted by atomic mass is 16.7. The number of benzene rings is 2. The predicted octanol–water partition coefficient (Wildman–Crippen LogP) is 6.69. The van der Waals surface area contributed by atoms with Crippen molar-refractivity contribution in [2.45, 2.75) is 76.6 Å². The molecule has 2 aliphatic heterocycles. The van der Waals surface area contributed by atoms with Crippen molar-refractivity contribution in [3.8, 4) is 5.75 Å². The summed E-state index contributed by atoms with van der Waals surface area (Å²) in [5, 5.41) is 0. The van der Waals surface area contributed by atoms with Crippen molar-refractivity contribution in [3.63, 3.8) is 0 Å². The van der Waals surface area contributed by atoms with Crippen molar-refractivity contribution in [2.24, 2.45) is 0 Å². The van der Waals surface area contributed by atoms with Gasteiger partial charge in [0.1, 0.15) is 5.75 Å². The summed E-state index contributed by atoms with van der Waals surface area (Å²) in [6.45, 7) is 2.93. The number of rotatable bonds is 7. The molecule has 2 aliphatic rings. The number of hydrogen-bond donors (Lipinski definition) is 0. The molecule has 4 rings (SSSR count). The molecule has 0 aromatic heterocycles. The lowest BCUT2D eigenvalue weighted by Gasteiger charge is -2.39. The monoisotopic (exact) mass is 350 g/mol. The van der Waals surface area contributed by atoms with E-state index in [4.69, 9.17) is 9.47 Å². The maximum atomic E-state index is 6.47. The fourth-order valence-electron chi connectivity index (χ4n) is 4.54. The van der Waals surface area contributed by atoms with Gasteiger partial charge in [0.15, 0.2) is 0 Å². The van der Waals surface area contributed by atoms with Crippen molar-refractivity contribution in [1.82, 2.24) is 0 Å². The molecule has 2 heterocycles. The molecule has 0 saturated carbocycles. The molecule has 0 radical (unpaired) electrons. The van der Waals surface area contributed by atoms with Crippen LogP contribution >= 0.6 is 0 Å². The summed E-state index contributed by atoms with van der Waals surface area (Å²) < 4.78 is 12.8. The summed E-state index contributed by atoms with van der Waals surface area (Å²) in [4.78, 5) is 0. The minimum absolute atomic E-state index is 0.511. The van der Waals surface area contributed by atoms with Gasteiger partial charge in [-0.05, 0) is 29.5 Å². The van der Waals surface area contributed by atoms with E-state index in [1.807, 2.05) is 0 Å². The molecule has 138 valence electrons. The lowest BCUT2D eigenvalue weighted by molar-refractivity contribution is -0.198. The third-order valence-electron chi connectivity index (χ3n) is 5.94. The van der Waals surface area contributed by atoms with E-state index in [1.165, 1.54) is 61.6 Å². The first kappa shape index (κ1) is 17.6. The van der Waals surface area contributed by atoms with Crippen molar-refractivity contribution < 1.29 is 9.47 Å². The Labute approximate surface area is 157 Å². The zero-order valence-electron chi connectivity index (χ0n) is 15.9. The van der Waals surface area contributed by atoms with Gasteiger partial charge >= 0.3 is 0 Å². The van der Waals surface area contributed by atoms with Crippen LogP contribution in [0.15, 0.2) is 48.5 Å². The summed E-state index contributed by atoms with van der Waals surface area (Å²) in [6.07, 6.45) is 10.2. The molecule has 2 aromatic carbocycles. The van der Waals surface area contributed by atoms with Gasteiger partial charge in [0.25, 0.3) is 0 Å². The van der Waals surface area contributed by atoms with Crippen LogP contribution in [0.25, 0.3) is 0 Å². The first-order valence-corrected chi connectivity index (χ1v) is 10.3. The third-order valence-corrected chi connectivity index (χ3v) is 5.94. The van der Waals surface area contributed by atoms with Gasteiger partial charge in [-0.25, -0.2) is 0 Å². The van der Waals surface area contributed by atoms with Crippen molar-refractivity contribution in [2.75, 3.05) is 0 Å². The summed E-state index contributed by atoms with van der Waals surface area (Å²) in [7, 11) is 0. The SMILES string of the molecule is CCCCCCCC[C@@H]1C[C@@]2(OCc3ccccc32)Oc2ccccc21. The quantitative estimate of drug-likeness (QED) is 0.518. The Bertz CT molecular complexity index is 738. The van der Waals surface area contributed by atoms with Crippen LogP contribution in [0.3, 0.4) is 0 Å². The fraction of sp³-hybridized carbons (Fsp3) is 0.500. The van der Waals surface area contributed by atoms with Crippen LogP contribution in [0.4, 0.5) is 0 Å². The molecule has 0 bridgehead atoms. The average molecular weight is 351 g/mol. The molecule has 0 unspecified atom stereocenters. The highest BCUT2D eigenvalue weighted by molar-refractivity contribution is 5.43. The van der Waals surface area contributed by atoms with Crippen molar-refractivity contribution in [1.29, 1.82) is 0 Å². The maximum absolute atomic E-state index is 6.47. The van der Waals surface area contributed by atoms with Crippen LogP contribution in [0.2, 0.25) is 0 Å². The Morgan fingerprint density at radius 2 is 1.69 bits per heavy atom. The van der Waals surface area contributed by atoms with Gasteiger partial charge < -0.3 is 9.47 Å². The van der Waals surface area contributed by atoms with E-state index in [-0.39, 0.29) is 0 Å². The Kier molecular flexibility index (Phi) is 5.31. The Hall–Kier alpha value is -1.80. The molecule has 2 nitrogen and oxygen atoms in total. The molecule has 0 fully saturated rings. The van der Waals surface area contributed by atoms with E-state index in [0.29, 0.717) is 12.5 Å². The summed E-state index contributed by atoms with van der Waals surface area (Å²) in [5.41, 5.74) is 3.85. The molecule has 0 N–H and O–H groups in total. The second-order valence-electron chi connectivity index (χ2n) is 7.80. The molecule has 2 atom stereocenters. The fourth-order valence-corrected chi connectivity index (χ4v) is 4.54. The van der Waals surface area contributed by atoms with E-state index >= 15 is 0 Å². The van der Waals surface area contributed by atoms with Crippen molar-refractivity contribution in [3.05, 3.63) is 65.2 Å². The number of hydrogen-bond acceptors (Lipinski definition) is 2. The summed E-state index contributed by atoms with van der Waals surface area (Å²) in [5.74, 6) is 0.932. The first-order chi connectivity index (χ1) is 12.8. The minimum Gasteiger partial charge on any atom is -0.458 e. The van der Waals surface area contributed by atoms with Crippen LogP contribution in [0.1, 0.15) is 80.9 Å². The third kappa shape index (κ3) is 3.40. The second-order valence-corrected chi connectivity index (χ2v) is 7.80. The van der Waals surface area contributed by atoms with Crippen LogP contribution in [-0.4, -0.2) is 0 Å². The molecular formula is C24H30O2. The normalized spacial score (nSPS) is 23.5. The topological polar surface area (TPSA) is 18.5 Å². The standard InChI is InChI=1S/C24H30O2/c1-2-3-4-5-6-7-12-19-17-24(26-23-16-11-9-14-21(19)23)22-15-10-8-13-20(22)18-25-24/h8-11,13-16,19H,2-7,12,17-18H2,1H3/t19-,24-/m1/s1. The molecule has 26 heavy (non-hydrogen) atoms. The van der Waals surface area contributed by atoms with Crippen LogP contribution < -0.4 is 4.74 Å². The van der Waals surface area contributed by atoms with Gasteiger partial charge in [0.05, 0.1) is 6.61 Å². The molecule has 2 aromatic rings. The second kappa shape index (κ2) is 7.84. The van der Waals surface area contributed by atoms with Gasteiger partial charge in [-0.1, -0.05) is 87.9 Å². The highest BCUT2D eigenvalue weighted by Crippen LogP contribution is 2.51. The zero-order chi connectivity index (χ0) is 17.8. The van der Waals surface area contributed by atoms with E-state index in [2.05, 4.69) is 55.5 Å². The van der Waals surface area contributed by atoms with Crippen LogP contribution in [-0.2, 0) is 17.1 Å². The molecule has 2 heteroatoms. The molecule has 0 aliphatic carbocycles. The smallest absolute Gasteiger partial charge is 0.238 e. The molecular weight excluding hydrogens is 320 g/mol. The summed E-state index contributed by atoms with van der Waals surface area (Å²) >= 11 is 0. The Morgan fingerprint density at radius 3 is 2.62 bits per heavy atom. The number of ether oxygens (including phenoxy) is 2. The van der Waals surface area contributed by atoms with Crippen molar-refractivity contribution >= 4 is 0 Å². The Morgan fingerprint density at radius 1 is 0.923 bits per heavy atom. The van der Waals surface area contributed by atoms with E-state index < -0.39 is 5.79 Å². The maximum Gasteiger partial charge on any atom is 0.238 e. The predicted molar refractivity (Wildman–Crippen MR) is 105 cm³/mol. The molecule has 0 saturated heterocycles. The minimum atomic E-state index is -0.585. The van der Waals surface area contributed by atoms with Gasteiger partial charge in [0.2, 0.25) is 5.79 Å². The lowest BCUT2D eigenvalue weighted by Crippen LogP contribution is -2.38.